The van der Waals surface area contributed by atoms with E-state index in [4.69, 9.17) is 19.2 Å². The van der Waals surface area contributed by atoms with E-state index < -0.39 is 34.6 Å². The zero-order chi connectivity index (χ0) is 30.6. The van der Waals surface area contributed by atoms with Crippen molar-refractivity contribution in [2.75, 3.05) is 6.54 Å². The lowest BCUT2D eigenvalue weighted by Crippen LogP contribution is -2.48. The third-order valence-electron chi connectivity index (χ3n) is 7.49. The zero-order valence-electron chi connectivity index (χ0n) is 24.6. The second kappa shape index (κ2) is 10.5. The van der Waals surface area contributed by atoms with Gasteiger partial charge in [0, 0.05) is 27.5 Å². The number of ether oxygens (including phenoxy) is 3. The first-order valence-electron chi connectivity index (χ1n) is 13.9. The van der Waals surface area contributed by atoms with Gasteiger partial charge in [-0.2, -0.15) is 0 Å². The van der Waals surface area contributed by atoms with Crippen LogP contribution in [0.1, 0.15) is 71.1 Å². The first-order chi connectivity index (χ1) is 19.6. The Kier molecular flexibility index (Phi) is 7.45. The number of carbonyl (C=O) groups is 3. The van der Waals surface area contributed by atoms with Crippen molar-refractivity contribution < 1.29 is 28.6 Å². The summed E-state index contributed by atoms with van der Waals surface area (Å²) in [5.74, 6) is -1.39. The Balaban J connectivity index is 1.46. The summed E-state index contributed by atoms with van der Waals surface area (Å²) < 4.78 is 19.2. The van der Waals surface area contributed by atoms with Crippen LogP contribution >= 0.6 is 15.9 Å². The van der Waals surface area contributed by atoms with Gasteiger partial charge in [-0.25, -0.2) is 14.6 Å². The van der Waals surface area contributed by atoms with Crippen molar-refractivity contribution >= 4 is 44.9 Å². The summed E-state index contributed by atoms with van der Waals surface area (Å²) in [4.78, 5) is 57.4. The number of fused-ring (bicyclic) bond motifs is 5. The number of hydrogen-bond donors (Lipinski definition) is 1. The summed E-state index contributed by atoms with van der Waals surface area (Å²) in [7, 11) is 0. The second-order valence-electron chi connectivity index (χ2n) is 12.5. The van der Waals surface area contributed by atoms with Gasteiger partial charge in [-0.05, 0) is 56.9 Å². The zero-order valence-corrected chi connectivity index (χ0v) is 26.1. The van der Waals surface area contributed by atoms with Crippen LogP contribution in [0.3, 0.4) is 0 Å². The number of pyridine rings is 2. The van der Waals surface area contributed by atoms with Crippen LogP contribution in [-0.4, -0.2) is 39.7 Å². The molecule has 1 amide bonds. The normalized spacial score (nSPS) is 17.6. The predicted octanol–water partition coefficient (Wildman–Crippen LogP) is 5.33. The van der Waals surface area contributed by atoms with Crippen molar-refractivity contribution in [3.8, 4) is 11.4 Å². The van der Waals surface area contributed by atoms with Gasteiger partial charge in [0.2, 0.25) is 5.60 Å². The smallest absolute Gasteiger partial charge is 0.407 e. The summed E-state index contributed by atoms with van der Waals surface area (Å²) >= 11 is 3.57. The van der Waals surface area contributed by atoms with Crippen LogP contribution in [0.2, 0.25) is 0 Å². The number of carbonyl (C=O) groups excluding carboxylic acids is 3. The molecule has 0 aliphatic carbocycles. The molecule has 0 bridgehead atoms. The van der Waals surface area contributed by atoms with Crippen LogP contribution in [0.25, 0.3) is 22.3 Å². The molecule has 0 fully saturated rings. The number of hydrogen-bond acceptors (Lipinski definition) is 8. The molecule has 2 aromatic heterocycles. The maximum atomic E-state index is 13.7. The molecule has 10 nitrogen and oxygen atoms in total. The molecule has 42 heavy (non-hydrogen) atoms. The summed E-state index contributed by atoms with van der Waals surface area (Å²) in [5, 5.41) is 3.61. The van der Waals surface area contributed by atoms with Gasteiger partial charge in [0.1, 0.15) is 12.2 Å². The van der Waals surface area contributed by atoms with Gasteiger partial charge < -0.3 is 24.1 Å². The minimum Gasteiger partial charge on any atom is -0.457 e. The first-order valence-corrected chi connectivity index (χ1v) is 14.6. The van der Waals surface area contributed by atoms with E-state index in [-0.39, 0.29) is 37.1 Å². The monoisotopic (exact) mass is 639 g/mol. The van der Waals surface area contributed by atoms with Gasteiger partial charge in [0.05, 0.1) is 35.4 Å². The Hall–Kier alpha value is -3.73. The first kappa shape index (κ1) is 29.8. The number of nitrogens with one attached hydrogen (secondary N) is 1. The highest BCUT2D eigenvalue weighted by atomic mass is 79.9. The largest absolute Gasteiger partial charge is 0.457 e. The van der Waals surface area contributed by atoms with Gasteiger partial charge >= 0.3 is 18.0 Å². The molecule has 1 aromatic carbocycles. The van der Waals surface area contributed by atoms with Crippen molar-refractivity contribution in [3.63, 3.8) is 0 Å². The van der Waals surface area contributed by atoms with Crippen molar-refractivity contribution in [3.05, 3.63) is 61.8 Å². The fraction of sp³-hybridized carbons (Fsp3) is 0.452. The fourth-order valence-electron chi connectivity index (χ4n) is 5.43. The van der Waals surface area contributed by atoms with Gasteiger partial charge in [0.15, 0.2) is 0 Å². The van der Waals surface area contributed by atoms with Crippen molar-refractivity contribution in [1.82, 2.24) is 14.9 Å². The van der Waals surface area contributed by atoms with Gasteiger partial charge in [-0.1, -0.05) is 42.8 Å². The molecule has 0 radical (unpaired) electrons. The van der Waals surface area contributed by atoms with Crippen LogP contribution < -0.4 is 10.9 Å². The van der Waals surface area contributed by atoms with E-state index in [2.05, 4.69) is 21.2 Å². The molecular formula is C31H34BrN3O7. The fourth-order valence-corrected chi connectivity index (χ4v) is 5.90. The van der Waals surface area contributed by atoms with Crippen LogP contribution in [0.4, 0.5) is 4.79 Å². The number of aromatic nitrogens is 2. The van der Waals surface area contributed by atoms with Crippen LogP contribution in [-0.2, 0) is 42.6 Å². The lowest BCUT2D eigenvalue weighted by molar-refractivity contribution is -0.190. The summed E-state index contributed by atoms with van der Waals surface area (Å²) in [6.07, 6.45) is -0.640. The molecule has 0 spiro atoms. The lowest BCUT2D eigenvalue weighted by Gasteiger charge is -2.36. The van der Waals surface area contributed by atoms with Gasteiger partial charge in [0.25, 0.3) is 5.56 Å². The number of rotatable bonds is 6. The molecule has 0 unspecified atom stereocenters. The summed E-state index contributed by atoms with van der Waals surface area (Å²) in [6, 6.07) is 9.48. The quantitative estimate of drug-likeness (QED) is 0.221. The maximum Gasteiger partial charge on any atom is 0.407 e. The Morgan fingerprint density at radius 2 is 1.90 bits per heavy atom. The number of alkyl carbamates (subject to hydrolysis) is 1. The standard InChI is InChI=1S/C31H34BrN3O7/c1-7-31(41-24(36)13-30(5,6)16-33-28(39)42-29(2,3)4)20-12-23-25-17(11-18-21(32)9-8-10-22(18)34-25)14-35(23)26(37)19(20)15-40-27(31)38/h8-12H,7,13-16H2,1-6H3,(H,33,39)/t31-/m0/s1. The van der Waals surface area contributed by atoms with E-state index in [1.54, 1.807) is 52.2 Å². The average molecular weight is 641 g/mol. The lowest BCUT2D eigenvalue weighted by atomic mass is 9.84. The van der Waals surface area contributed by atoms with Crippen LogP contribution in [0.5, 0.6) is 0 Å². The number of nitrogens with zero attached hydrogens (tertiary/aromatic N) is 2. The maximum absolute atomic E-state index is 13.7. The average Bonchev–Trinajstić information content (AvgIpc) is 3.25. The second-order valence-corrected chi connectivity index (χ2v) is 13.4. The van der Waals surface area contributed by atoms with E-state index in [0.29, 0.717) is 23.5 Å². The van der Waals surface area contributed by atoms with E-state index in [0.717, 1.165) is 20.9 Å². The Morgan fingerprint density at radius 1 is 1.17 bits per heavy atom. The van der Waals surface area contributed by atoms with E-state index in [1.165, 1.54) is 0 Å². The van der Waals surface area contributed by atoms with E-state index in [1.807, 2.05) is 24.3 Å². The SMILES string of the molecule is CC[C@@]1(OC(=O)CC(C)(C)CNC(=O)OC(C)(C)C)C(=O)OCc2c1cc1n(c2=O)Cc2cc3c(Br)cccc3nc2-1. The van der Waals surface area contributed by atoms with Crippen LogP contribution in [0, 0.1) is 5.41 Å². The summed E-state index contributed by atoms with van der Waals surface area (Å²) in [5.41, 5.74) is -0.0590. The molecule has 1 N–H and O–H groups in total. The van der Waals surface area contributed by atoms with Gasteiger partial charge in [-0.15, -0.1) is 0 Å². The number of esters is 2. The van der Waals surface area contributed by atoms with Crippen molar-refractivity contribution in [1.29, 1.82) is 0 Å². The minimum atomic E-state index is -1.79. The summed E-state index contributed by atoms with van der Waals surface area (Å²) in [6.45, 7) is 10.8. The van der Waals surface area contributed by atoms with Crippen molar-refractivity contribution in [2.45, 2.75) is 78.7 Å². The Bertz CT molecular complexity index is 1690. The molecule has 222 valence electrons. The number of cyclic esters (lactones) is 1. The highest BCUT2D eigenvalue weighted by Crippen LogP contribution is 2.42. The van der Waals surface area contributed by atoms with E-state index in [9.17, 15) is 19.2 Å². The number of amides is 1. The van der Waals surface area contributed by atoms with Gasteiger partial charge in [-0.3, -0.25) is 9.59 Å². The molecule has 0 saturated heterocycles. The molecule has 4 heterocycles. The third-order valence-corrected chi connectivity index (χ3v) is 8.18. The molecule has 0 saturated carbocycles. The molecular weight excluding hydrogens is 606 g/mol. The van der Waals surface area contributed by atoms with Crippen molar-refractivity contribution in [2.24, 2.45) is 5.41 Å². The minimum absolute atomic E-state index is 0.0645. The Labute approximate surface area is 251 Å². The highest BCUT2D eigenvalue weighted by molar-refractivity contribution is 9.10. The molecule has 2 aliphatic heterocycles. The van der Waals surface area contributed by atoms with E-state index >= 15 is 0 Å². The highest BCUT2D eigenvalue weighted by Gasteiger charge is 2.50. The Morgan fingerprint density at radius 3 is 2.60 bits per heavy atom. The van der Waals surface area contributed by atoms with Crippen LogP contribution in [0.15, 0.2) is 39.6 Å². The topological polar surface area (TPSA) is 126 Å². The third kappa shape index (κ3) is 5.42. The molecule has 11 heteroatoms. The number of halogens is 1. The molecule has 3 aromatic rings. The molecule has 1 atom stereocenters. The molecule has 5 rings (SSSR count). The number of benzene rings is 1. The predicted molar refractivity (Wildman–Crippen MR) is 159 cm³/mol. The molecule has 2 aliphatic rings.